The lowest BCUT2D eigenvalue weighted by molar-refractivity contribution is -0.199. The molecule has 0 saturated heterocycles. The molecular weight excluding hydrogens is 484 g/mol. The Bertz CT molecular complexity index is 1310. The maximum atomic E-state index is 13.1. The van der Waals surface area contributed by atoms with E-state index in [1.165, 1.54) is 12.5 Å². The van der Waals surface area contributed by atoms with Gasteiger partial charge in [-0.3, -0.25) is 19.2 Å². The number of hydrogen-bond donors (Lipinski definition) is 2. The Morgan fingerprint density at radius 3 is 2.18 bits per heavy atom. The molecule has 0 unspecified atom stereocenters. The average Bonchev–Trinajstić information content (AvgIpc) is 2.83. The van der Waals surface area contributed by atoms with Gasteiger partial charge in [0.1, 0.15) is 0 Å². The maximum absolute atomic E-state index is 13.1. The van der Waals surface area contributed by atoms with Gasteiger partial charge in [-0.1, -0.05) is 38.5 Å². The number of allylic oxidation sites excluding steroid dienone is 7. The summed E-state index contributed by atoms with van der Waals surface area (Å²) in [6.45, 7) is 11.4. The molecule has 38 heavy (non-hydrogen) atoms. The number of hydrogen-bond acceptors (Lipinski definition) is 5. The number of fused-ring (bicyclic) bond motifs is 7. The quantitative estimate of drug-likeness (QED) is 0.452. The number of carbonyl (C=O) groups is 4. The van der Waals surface area contributed by atoms with Crippen molar-refractivity contribution in [3.05, 3.63) is 46.3 Å². The van der Waals surface area contributed by atoms with Gasteiger partial charge in [-0.25, -0.2) is 0 Å². The smallest absolute Gasteiger partial charge is 0.309 e. The molecule has 0 amide bonds. The molecule has 0 aliphatic heterocycles. The number of esters is 1. The molecule has 6 atom stereocenters. The van der Waals surface area contributed by atoms with Crippen LogP contribution in [0.2, 0.25) is 0 Å². The summed E-state index contributed by atoms with van der Waals surface area (Å²) in [5.41, 5.74) is 0.535. The first-order valence-corrected chi connectivity index (χ1v) is 13.6. The molecule has 5 aliphatic carbocycles. The van der Waals surface area contributed by atoms with Crippen LogP contribution < -0.4 is 0 Å². The Morgan fingerprint density at radius 1 is 0.921 bits per heavy atom. The number of rotatable bonds is 3. The maximum Gasteiger partial charge on any atom is 0.309 e. The molecule has 0 aromatic rings. The summed E-state index contributed by atoms with van der Waals surface area (Å²) in [4.78, 5) is 49.9. The van der Waals surface area contributed by atoms with E-state index in [1.807, 2.05) is 13.0 Å². The highest BCUT2D eigenvalue weighted by molar-refractivity contribution is 6.08. The first-order chi connectivity index (χ1) is 17.6. The predicted molar refractivity (Wildman–Crippen MR) is 140 cm³/mol. The summed E-state index contributed by atoms with van der Waals surface area (Å²) in [6, 6.07) is 0. The minimum absolute atomic E-state index is 0.0684. The van der Waals surface area contributed by atoms with Crippen molar-refractivity contribution in [1.82, 2.24) is 0 Å². The summed E-state index contributed by atoms with van der Waals surface area (Å²) in [6.07, 6.45) is 9.50. The van der Waals surface area contributed by atoms with Gasteiger partial charge in [-0.2, -0.15) is 0 Å². The normalized spacial score (nSPS) is 41.9. The van der Waals surface area contributed by atoms with Crippen molar-refractivity contribution in [1.29, 1.82) is 0 Å². The topological polar surface area (TPSA) is 118 Å². The van der Waals surface area contributed by atoms with E-state index in [0.29, 0.717) is 44.1 Å². The third-order valence-corrected chi connectivity index (χ3v) is 11.6. The van der Waals surface area contributed by atoms with Crippen molar-refractivity contribution in [2.75, 3.05) is 0 Å². The van der Waals surface area contributed by atoms with Crippen LogP contribution >= 0.6 is 0 Å². The molecule has 5 rings (SSSR count). The average molecular weight is 523 g/mol. The fourth-order valence-corrected chi connectivity index (χ4v) is 8.94. The van der Waals surface area contributed by atoms with Crippen LogP contribution in [-0.2, 0) is 23.9 Å². The van der Waals surface area contributed by atoms with Gasteiger partial charge in [-0.15, -0.1) is 0 Å². The molecule has 3 saturated carbocycles. The van der Waals surface area contributed by atoms with E-state index >= 15 is 0 Å². The lowest BCUT2D eigenvalue weighted by Gasteiger charge is -2.69. The molecule has 0 spiro atoms. The Morgan fingerprint density at radius 2 is 1.58 bits per heavy atom. The molecule has 0 aromatic heterocycles. The van der Waals surface area contributed by atoms with Gasteiger partial charge in [-0.05, 0) is 92.8 Å². The van der Waals surface area contributed by atoms with Crippen molar-refractivity contribution in [3.8, 4) is 0 Å². The number of carboxylic acids is 2. The van der Waals surface area contributed by atoms with Crippen LogP contribution in [0, 0.1) is 33.0 Å². The van der Waals surface area contributed by atoms with Crippen LogP contribution in [0.5, 0.6) is 0 Å². The molecule has 0 heterocycles. The van der Waals surface area contributed by atoms with Gasteiger partial charge in [0.2, 0.25) is 5.78 Å². The Labute approximate surface area is 223 Å². The molecule has 3 fully saturated rings. The first-order valence-electron chi connectivity index (χ1n) is 13.6. The monoisotopic (exact) mass is 522 g/mol. The molecule has 7 heteroatoms. The van der Waals surface area contributed by atoms with E-state index in [4.69, 9.17) is 4.74 Å². The second kappa shape index (κ2) is 8.03. The van der Waals surface area contributed by atoms with Crippen molar-refractivity contribution < 1.29 is 34.1 Å². The molecule has 0 bridgehead atoms. The van der Waals surface area contributed by atoms with Crippen molar-refractivity contribution in [2.45, 2.75) is 86.5 Å². The molecule has 5 aliphatic rings. The van der Waals surface area contributed by atoms with Crippen LogP contribution in [0.1, 0.15) is 86.5 Å². The highest BCUT2D eigenvalue weighted by Crippen LogP contribution is 2.75. The molecule has 7 nitrogen and oxygen atoms in total. The molecule has 0 aromatic carbocycles. The van der Waals surface area contributed by atoms with Crippen LogP contribution in [0.3, 0.4) is 0 Å². The second-order valence-electron chi connectivity index (χ2n) is 13.3. The van der Waals surface area contributed by atoms with Gasteiger partial charge in [0.25, 0.3) is 0 Å². The number of ketones is 1. The molecule has 204 valence electrons. The highest BCUT2D eigenvalue weighted by atomic mass is 16.5. The lowest BCUT2D eigenvalue weighted by atomic mass is 9.34. The largest absolute Gasteiger partial charge is 0.481 e. The Balaban J connectivity index is 1.65. The SMILES string of the molecule is CC(=O)OC1=C(C)C2=CC=C3[C@@](C)(CC[C@@]4(C)[C@@H]5C[C@](C)(C(=O)O)CC[C@]5(C(=O)O)CC[C@]34C)C2=CC1=O. The van der Waals surface area contributed by atoms with Crippen LogP contribution in [-0.4, -0.2) is 33.9 Å². The van der Waals surface area contributed by atoms with Gasteiger partial charge >= 0.3 is 17.9 Å². The molecule has 2 N–H and O–H groups in total. The minimum Gasteiger partial charge on any atom is -0.481 e. The molecule has 0 radical (unpaired) electrons. The van der Waals surface area contributed by atoms with Gasteiger partial charge in [0.15, 0.2) is 5.76 Å². The van der Waals surface area contributed by atoms with Crippen LogP contribution in [0.15, 0.2) is 46.3 Å². The van der Waals surface area contributed by atoms with Crippen LogP contribution in [0.4, 0.5) is 0 Å². The van der Waals surface area contributed by atoms with Crippen molar-refractivity contribution in [2.24, 2.45) is 33.0 Å². The Hall–Kier alpha value is -2.96. The third-order valence-electron chi connectivity index (χ3n) is 11.6. The van der Waals surface area contributed by atoms with E-state index < -0.39 is 39.6 Å². The zero-order chi connectivity index (χ0) is 28.1. The predicted octanol–water partition coefficient (Wildman–Crippen LogP) is 5.77. The third kappa shape index (κ3) is 3.19. The van der Waals surface area contributed by atoms with Gasteiger partial charge in [0, 0.05) is 17.9 Å². The zero-order valence-electron chi connectivity index (χ0n) is 23.2. The minimum atomic E-state index is -0.951. The highest BCUT2D eigenvalue weighted by Gasteiger charge is 2.70. The van der Waals surface area contributed by atoms with E-state index in [-0.39, 0.29) is 22.9 Å². The zero-order valence-corrected chi connectivity index (χ0v) is 23.2. The summed E-state index contributed by atoms with van der Waals surface area (Å²) >= 11 is 0. The summed E-state index contributed by atoms with van der Waals surface area (Å²) in [7, 11) is 0. The summed E-state index contributed by atoms with van der Waals surface area (Å²) < 4.78 is 5.27. The lowest BCUT2D eigenvalue weighted by Crippen LogP contribution is -2.64. The van der Waals surface area contributed by atoms with Crippen LogP contribution in [0.25, 0.3) is 0 Å². The van der Waals surface area contributed by atoms with Gasteiger partial charge in [0.05, 0.1) is 10.8 Å². The van der Waals surface area contributed by atoms with Gasteiger partial charge < -0.3 is 14.9 Å². The van der Waals surface area contributed by atoms with E-state index in [9.17, 15) is 29.4 Å². The van der Waals surface area contributed by atoms with Crippen molar-refractivity contribution >= 4 is 23.7 Å². The van der Waals surface area contributed by atoms with Crippen molar-refractivity contribution in [3.63, 3.8) is 0 Å². The standard InChI is InChI=1S/C31H38O7/c1-17-19-7-8-22-28(4,20(19)15-21(33)24(17)38-18(2)32)10-11-30(6)23-16-27(3,25(34)35)9-13-31(23,26(36)37)14-12-29(22,30)5/h7-8,15,23H,9-14,16H2,1-6H3,(H,34,35)(H,36,37)/t23-,27+,28-,29+,30-,31-/m0/s1. The fourth-order valence-electron chi connectivity index (χ4n) is 8.94. The van der Waals surface area contributed by atoms with E-state index in [1.54, 1.807) is 13.0 Å². The number of ether oxygens (including phenoxy) is 1. The fraction of sp³-hybridized carbons (Fsp3) is 0.613. The Kier molecular flexibility index (Phi) is 5.63. The number of aliphatic carboxylic acids is 2. The second-order valence-corrected chi connectivity index (χ2v) is 13.3. The van der Waals surface area contributed by atoms with E-state index in [0.717, 1.165) is 17.6 Å². The number of carbonyl (C=O) groups excluding carboxylic acids is 2. The summed E-state index contributed by atoms with van der Waals surface area (Å²) in [5.74, 6) is -2.71. The first kappa shape index (κ1) is 26.6. The summed E-state index contributed by atoms with van der Waals surface area (Å²) in [5, 5.41) is 20.6. The molecular formula is C31H38O7. The van der Waals surface area contributed by atoms with E-state index in [2.05, 4.69) is 26.8 Å². The number of carboxylic acid groups (broad SMARTS) is 2.